The highest BCUT2D eigenvalue weighted by Crippen LogP contribution is 2.58. The molecule has 0 radical (unpaired) electrons. The van der Waals surface area contributed by atoms with Gasteiger partial charge in [-0.25, -0.2) is 0 Å². The third kappa shape index (κ3) is 3.64. The molecule has 0 aromatic heterocycles. The van der Waals surface area contributed by atoms with E-state index in [9.17, 15) is 18.0 Å². The largest absolute Gasteiger partial charge is 0.380 e. The summed E-state index contributed by atoms with van der Waals surface area (Å²) in [6, 6.07) is 5.33. The van der Waals surface area contributed by atoms with E-state index >= 15 is 0 Å². The number of carbonyl (C=O) groups excluding carboxylic acids is 2. The summed E-state index contributed by atoms with van der Waals surface area (Å²) in [6.45, 7) is 4.65. The number of hydrogen-bond acceptors (Lipinski definition) is 5. The lowest BCUT2D eigenvalue weighted by molar-refractivity contribution is -0.167. The molecule has 3 unspecified atom stereocenters. The van der Waals surface area contributed by atoms with Crippen LogP contribution in [0, 0.1) is 17.3 Å². The number of aryl methyl sites for hydroxylation is 1. The van der Waals surface area contributed by atoms with Gasteiger partial charge in [-0.1, -0.05) is 26.3 Å². The van der Waals surface area contributed by atoms with Crippen LogP contribution >= 0.6 is 0 Å². The molecule has 1 aromatic rings. The second-order valence-electron chi connectivity index (χ2n) is 9.22. The Hall–Kier alpha value is -1.93. The van der Waals surface area contributed by atoms with Crippen LogP contribution in [0.1, 0.15) is 69.4 Å². The smallest absolute Gasteiger partial charge is 0.371 e. The Morgan fingerprint density at radius 2 is 2.03 bits per heavy atom. The van der Waals surface area contributed by atoms with Crippen LogP contribution in [0.15, 0.2) is 18.2 Å². The molecule has 1 heterocycles. The third-order valence-corrected chi connectivity index (χ3v) is 7.89. The molecule has 30 heavy (non-hydrogen) atoms. The molecular formula is C22H30N2O5S. The van der Waals surface area contributed by atoms with Gasteiger partial charge < -0.3 is 4.18 Å². The summed E-state index contributed by atoms with van der Waals surface area (Å²) in [5.74, 6) is 0.825. The summed E-state index contributed by atoms with van der Waals surface area (Å²) in [7, 11) is -4.05. The Morgan fingerprint density at radius 1 is 1.27 bits per heavy atom. The number of benzene rings is 1. The highest BCUT2D eigenvalue weighted by atomic mass is 32.2. The summed E-state index contributed by atoms with van der Waals surface area (Å²) in [5, 5.41) is 4.99. The van der Waals surface area contributed by atoms with Gasteiger partial charge in [0.25, 0.3) is 0 Å². The van der Waals surface area contributed by atoms with Crippen LogP contribution in [-0.2, 0) is 26.3 Å². The first-order chi connectivity index (χ1) is 14.1. The maximum Gasteiger partial charge on any atom is 0.380 e. The molecule has 164 valence electrons. The number of amides is 2. The summed E-state index contributed by atoms with van der Waals surface area (Å²) >= 11 is 0. The summed E-state index contributed by atoms with van der Waals surface area (Å²) < 4.78 is 27.3. The normalized spacial score (nSPS) is 31.0. The SMILES string of the molecule is CCCCN1C(=O)CC2C3CCc4cc(OS(N)(=O)=O)ccc4C3CC[C@]2(C)C1=O. The van der Waals surface area contributed by atoms with E-state index in [1.54, 1.807) is 12.1 Å². The van der Waals surface area contributed by atoms with Crippen molar-refractivity contribution in [2.45, 2.75) is 64.7 Å². The Kier molecular flexibility index (Phi) is 5.43. The number of likely N-dealkylation sites (tertiary alicyclic amines) is 1. The minimum absolute atomic E-state index is 0.0124. The molecular weight excluding hydrogens is 404 g/mol. The molecule has 1 aromatic carbocycles. The van der Waals surface area contributed by atoms with Crippen LogP contribution in [0.2, 0.25) is 0 Å². The molecule has 0 bridgehead atoms. The second-order valence-corrected chi connectivity index (χ2v) is 10.4. The predicted molar refractivity (Wildman–Crippen MR) is 112 cm³/mol. The Morgan fingerprint density at radius 3 is 2.73 bits per heavy atom. The lowest BCUT2D eigenvalue weighted by Crippen LogP contribution is -2.59. The van der Waals surface area contributed by atoms with E-state index in [1.165, 1.54) is 10.5 Å². The minimum atomic E-state index is -4.05. The van der Waals surface area contributed by atoms with Gasteiger partial charge in [0.15, 0.2) is 0 Å². The van der Waals surface area contributed by atoms with Gasteiger partial charge in [-0.15, -0.1) is 0 Å². The number of nitrogens with zero attached hydrogens (tertiary/aromatic N) is 1. The highest BCUT2D eigenvalue weighted by Gasteiger charge is 2.57. The molecule has 1 saturated heterocycles. The van der Waals surface area contributed by atoms with Crippen LogP contribution in [-0.4, -0.2) is 31.7 Å². The van der Waals surface area contributed by atoms with E-state index in [1.807, 2.05) is 6.07 Å². The molecule has 7 nitrogen and oxygen atoms in total. The minimum Gasteiger partial charge on any atom is -0.371 e. The fourth-order valence-electron chi connectivity index (χ4n) is 5.97. The van der Waals surface area contributed by atoms with Crippen LogP contribution in [0.5, 0.6) is 5.75 Å². The van der Waals surface area contributed by atoms with Gasteiger partial charge in [0.2, 0.25) is 11.8 Å². The monoisotopic (exact) mass is 434 g/mol. The zero-order valence-corrected chi connectivity index (χ0v) is 18.4. The third-order valence-electron chi connectivity index (χ3n) is 7.46. The molecule has 2 fully saturated rings. The molecule has 1 saturated carbocycles. The van der Waals surface area contributed by atoms with Gasteiger partial charge in [0.05, 0.1) is 5.41 Å². The van der Waals surface area contributed by atoms with Crippen molar-refractivity contribution in [1.82, 2.24) is 4.90 Å². The van der Waals surface area contributed by atoms with Crippen LogP contribution in [0.3, 0.4) is 0 Å². The standard InChI is InChI=1S/C22H30N2O5S/c1-3-4-11-24-20(25)13-19-18-7-5-14-12-15(29-30(23,27)28)6-8-16(14)17(18)9-10-22(19,2)21(24)26/h6,8,12,17-19H,3-5,7,9-11,13H2,1-2H3,(H2,23,27,28)/t17?,18?,19?,22-/m0/s1. The first-order valence-electron chi connectivity index (χ1n) is 10.8. The summed E-state index contributed by atoms with van der Waals surface area (Å²) in [4.78, 5) is 27.6. The van der Waals surface area contributed by atoms with Crippen molar-refractivity contribution in [3.8, 4) is 5.75 Å². The molecule has 2 amide bonds. The molecule has 3 aliphatic rings. The zero-order valence-electron chi connectivity index (χ0n) is 17.6. The van der Waals surface area contributed by atoms with Crippen molar-refractivity contribution >= 4 is 22.1 Å². The van der Waals surface area contributed by atoms with Crippen molar-refractivity contribution < 1.29 is 22.2 Å². The zero-order chi connectivity index (χ0) is 21.7. The topological polar surface area (TPSA) is 107 Å². The first-order valence-corrected chi connectivity index (χ1v) is 12.3. The lowest BCUT2D eigenvalue weighted by Gasteiger charge is -2.54. The van der Waals surface area contributed by atoms with Crippen molar-refractivity contribution in [3.63, 3.8) is 0 Å². The van der Waals surface area contributed by atoms with E-state index in [-0.39, 0.29) is 35.3 Å². The van der Waals surface area contributed by atoms with Crippen LogP contribution in [0.25, 0.3) is 0 Å². The first kappa shape index (κ1) is 21.3. The van der Waals surface area contributed by atoms with Gasteiger partial charge >= 0.3 is 10.3 Å². The predicted octanol–water partition coefficient (Wildman–Crippen LogP) is 2.89. The lowest BCUT2D eigenvalue weighted by atomic mass is 9.52. The number of unbranched alkanes of at least 4 members (excludes halogenated alkanes) is 1. The van der Waals surface area contributed by atoms with Gasteiger partial charge in [-0.3, -0.25) is 14.5 Å². The number of carbonyl (C=O) groups is 2. The number of imide groups is 1. The number of fused-ring (bicyclic) bond motifs is 5. The fourth-order valence-corrected chi connectivity index (χ4v) is 6.34. The van der Waals surface area contributed by atoms with Crippen molar-refractivity contribution in [1.29, 1.82) is 0 Å². The molecule has 0 spiro atoms. The Labute approximate surface area is 178 Å². The Balaban J connectivity index is 1.60. The van der Waals surface area contributed by atoms with Crippen LogP contribution < -0.4 is 9.32 Å². The van der Waals surface area contributed by atoms with Gasteiger partial charge in [0, 0.05) is 13.0 Å². The highest BCUT2D eigenvalue weighted by molar-refractivity contribution is 7.84. The fraction of sp³-hybridized carbons (Fsp3) is 0.636. The van der Waals surface area contributed by atoms with Gasteiger partial charge in [-0.2, -0.15) is 13.6 Å². The van der Waals surface area contributed by atoms with Gasteiger partial charge in [0.1, 0.15) is 5.75 Å². The van der Waals surface area contributed by atoms with Crippen molar-refractivity contribution in [2.24, 2.45) is 22.4 Å². The van der Waals surface area contributed by atoms with E-state index in [0.717, 1.165) is 44.1 Å². The van der Waals surface area contributed by atoms with E-state index in [4.69, 9.17) is 9.32 Å². The molecule has 2 N–H and O–H groups in total. The Bertz CT molecular complexity index is 976. The number of rotatable bonds is 5. The van der Waals surface area contributed by atoms with Crippen LogP contribution in [0.4, 0.5) is 0 Å². The molecule has 4 atom stereocenters. The van der Waals surface area contributed by atoms with E-state index in [0.29, 0.717) is 13.0 Å². The van der Waals surface area contributed by atoms with E-state index in [2.05, 4.69) is 13.8 Å². The number of nitrogens with two attached hydrogens (primary N) is 1. The summed E-state index contributed by atoms with van der Waals surface area (Å²) in [5.41, 5.74) is 1.78. The molecule has 8 heteroatoms. The maximum atomic E-state index is 13.3. The average molecular weight is 435 g/mol. The molecule has 1 aliphatic heterocycles. The quantitative estimate of drug-likeness (QED) is 0.717. The number of hydrogen-bond donors (Lipinski definition) is 1. The molecule has 4 rings (SSSR count). The van der Waals surface area contributed by atoms with Crippen molar-refractivity contribution in [2.75, 3.05) is 6.54 Å². The number of piperidine rings is 1. The second kappa shape index (κ2) is 7.64. The van der Waals surface area contributed by atoms with Crippen molar-refractivity contribution in [3.05, 3.63) is 29.3 Å². The molecule has 2 aliphatic carbocycles. The maximum absolute atomic E-state index is 13.3. The van der Waals surface area contributed by atoms with Gasteiger partial charge in [-0.05, 0) is 73.1 Å². The average Bonchev–Trinajstić information content (AvgIpc) is 2.67. The summed E-state index contributed by atoms with van der Waals surface area (Å²) in [6.07, 6.45) is 5.55. The van der Waals surface area contributed by atoms with E-state index < -0.39 is 15.7 Å².